The molecule has 0 bridgehead atoms. The summed E-state index contributed by atoms with van der Waals surface area (Å²) in [6.07, 6.45) is 0. The number of carbonyl (C=O) groups excluding carboxylic acids is 1. The van der Waals surface area contributed by atoms with Gasteiger partial charge < -0.3 is 10.2 Å². The molecule has 2 aromatic rings. The lowest BCUT2D eigenvalue weighted by molar-refractivity contribution is -0.117. The maximum Gasteiger partial charge on any atom is 0.335 e. The summed E-state index contributed by atoms with van der Waals surface area (Å²) in [5.41, 5.74) is 3.14. The Hall–Kier alpha value is -2.62. The van der Waals surface area contributed by atoms with E-state index in [-0.39, 0.29) is 17.1 Å². The lowest BCUT2D eigenvalue weighted by Crippen LogP contribution is -2.11. The van der Waals surface area contributed by atoms with Crippen LogP contribution in [0.4, 0.5) is 0 Å². The second kappa shape index (κ2) is 6.02. The number of aromatic carboxylic acids is 1. The van der Waals surface area contributed by atoms with E-state index in [1.807, 2.05) is 0 Å². The van der Waals surface area contributed by atoms with E-state index in [4.69, 9.17) is 5.11 Å². The summed E-state index contributed by atoms with van der Waals surface area (Å²) in [5, 5.41) is 18.8. The number of aromatic hydroxyl groups is 1. The number of Topliss-reactive ketones (excluding diaryl/α,β-unsaturated/α-hetero) is 1. The number of carbonyl (C=O) groups is 2. The highest BCUT2D eigenvalue weighted by molar-refractivity contribution is 5.89. The Bertz CT molecular complexity index is 706. The molecule has 0 amide bonds. The molecule has 0 spiro atoms. The smallest absolute Gasteiger partial charge is 0.335 e. The van der Waals surface area contributed by atoms with Gasteiger partial charge in [-0.1, -0.05) is 24.3 Å². The zero-order valence-electron chi connectivity index (χ0n) is 12.8. The van der Waals surface area contributed by atoms with Gasteiger partial charge in [0.1, 0.15) is 11.5 Å². The van der Waals surface area contributed by atoms with Crippen LogP contribution in [0.5, 0.6) is 5.75 Å². The molecule has 2 aromatic carbocycles. The third-order valence-electron chi connectivity index (χ3n) is 3.74. The van der Waals surface area contributed by atoms with Gasteiger partial charge in [-0.25, -0.2) is 4.79 Å². The quantitative estimate of drug-likeness (QED) is 0.907. The molecule has 2 N–H and O–H groups in total. The summed E-state index contributed by atoms with van der Waals surface area (Å²) in [6.45, 7) is 5.08. The van der Waals surface area contributed by atoms with Gasteiger partial charge in [-0.15, -0.1) is 0 Å². The number of aryl methyl sites for hydroxylation is 2. The Kier molecular flexibility index (Phi) is 4.31. The summed E-state index contributed by atoms with van der Waals surface area (Å²) in [4.78, 5) is 23.0. The molecule has 4 heteroatoms. The Labute approximate surface area is 129 Å². The van der Waals surface area contributed by atoms with E-state index < -0.39 is 11.9 Å². The van der Waals surface area contributed by atoms with Crippen LogP contribution in [-0.4, -0.2) is 22.0 Å². The van der Waals surface area contributed by atoms with Gasteiger partial charge in [0.2, 0.25) is 0 Å². The number of hydrogen-bond donors (Lipinski definition) is 2. The summed E-state index contributed by atoms with van der Waals surface area (Å²) >= 11 is 0. The van der Waals surface area contributed by atoms with Crippen LogP contribution < -0.4 is 0 Å². The van der Waals surface area contributed by atoms with Crippen molar-refractivity contribution in [1.29, 1.82) is 0 Å². The summed E-state index contributed by atoms with van der Waals surface area (Å²) < 4.78 is 0. The lowest BCUT2D eigenvalue weighted by atomic mass is 9.86. The van der Waals surface area contributed by atoms with Gasteiger partial charge in [0.25, 0.3) is 0 Å². The van der Waals surface area contributed by atoms with Crippen molar-refractivity contribution < 1.29 is 19.8 Å². The fourth-order valence-electron chi connectivity index (χ4n) is 2.64. The van der Waals surface area contributed by atoms with Crippen molar-refractivity contribution in [2.45, 2.75) is 26.7 Å². The number of hydrogen-bond acceptors (Lipinski definition) is 3. The van der Waals surface area contributed by atoms with E-state index >= 15 is 0 Å². The lowest BCUT2D eigenvalue weighted by Gasteiger charge is -2.17. The van der Waals surface area contributed by atoms with Crippen LogP contribution in [0.1, 0.15) is 45.5 Å². The SMILES string of the molecule is CC(=O)C(c1ccc(C(=O)O)cc1)c1cc(C)c(O)c(C)c1. The first-order valence-electron chi connectivity index (χ1n) is 6.95. The van der Waals surface area contributed by atoms with E-state index in [0.717, 1.165) is 11.1 Å². The van der Waals surface area contributed by atoms with Crippen LogP contribution in [-0.2, 0) is 4.79 Å². The molecule has 0 fully saturated rings. The molecule has 0 saturated heterocycles. The normalized spacial score (nSPS) is 12.0. The minimum Gasteiger partial charge on any atom is -0.507 e. The minimum absolute atomic E-state index is 0.0347. The van der Waals surface area contributed by atoms with Gasteiger partial charge in [-0.05, 0) is 55.2 Å². The van der Waals surface area contributed by atoms with Gasteiger partial charge in [0, 0.05) is 0 Å². The van der Waals surface area contributed by atoms with Crippen LogP contribution in [0.25, 0.3) is 0 Å². The highest BCUT2D eigenvalue weighted by atomic mass is 16.4. The maximum absolute atomic E-state index is 12.1. The number of carboxylic acids is 1. The van der Waals surface area contributed by atoms with Gasteiger partial charge in [-0.3, -0.25) is 4.79 Å². The Morgan fingerprint density at radius 1 is 0.955 bits per heavy atom. The van der Waals surface area contributed by atoms with E-state index in [9.17, 15) is 14.7 Å². The average Bonchev–Trinajstić information content (AvgIpc) is 2.45. The molecule has 1 atom stereocenters. The van der Waals surface area contributed by atoms with Gasteiger partial charge in [0.05, 0.1) is 11.5 Å². The highest BCUT2D eigenvalue weighted by Gasteiger charge is 2.21. The zero-order valence-corrected chi connectivity index (χ0v) is 12.8. The molecule has 114 valence electrons. The first-order chi connectivity index (χ1) is 10.3. The molecule has 0 heterocycles. The second-order valence-corrected chi connectivity index (χ2v) is 5.47. The van der Waals surface area contributed by atoms with Crippen molar-refractivity contribution in [2.75, 3.05) is 0 Å². The number of phenols is 1. The predicted molar refractivity (Wildman–Crippen MR) is 83.5 cm³/mol. The number of ketones is 1. The molecule has 0 aliphatic heterocycles. The van der Waals surface area contributed by atoms with Crippen molar-refractivity contribution in [3.05, 3.63) is 64.2 Å². The number of phenolic OH excluding ortho intramolecular Hbond substituents is 1. The molecule has 0 saturated carbocycles. The molecular weight excluding hydrogens is 280 g/mol. The number of carboxylic acid groups (broad SMARTS) is 1. The summed E-state index contributed by atoms with van der Waals surface area (Å²) in [7, 11) is 0. The van der Waals surface area contributed by atoms with Crippen molar-refractivity contribution in [3.8, 4) is 5.75 Å². The van der Waals surface area contributed by atoms with E-state index in [1.165, 1.54) is 19.1 Å². The monoisotopic (exact) mass is 298 g/mol. The molecule has 2 rings (SSSR count). The Morgan fingerprint density at radius 3 is 1.86 bits per heavy atom. The summed E-state index contributed by atoms with van der Waals surface area (Å²) in [6, 6.07) is 9.89. The van der Waals surface area contributed by atoms with E-state index in [1.54, 1.807) is 38.1 Å². The molecular formula is C18H18O4. The second-order valence-electron chi connectivity index (χ2n) is 5.47. The standard InChI is InChI=1S/C18H18O4/c1-10-8-15(9-11(2)17(10)20)16(12(3)19)13-4-6-14(7-5-13)18(21)22/h4-9,16,20H,1-3H3,(H,21,22). The molecule has 0 aromatic heterocycles. The van der Waals surface area contributed by atoms with Crippen molar-refractivity contribution >= 4 is 11.8 Å². The topological polar surface area (TPSA) is 74.6 Å². The molecule has 0 aliphatic carbocycles. The minimum atomic E-state index is -0.998. The molecule has 0 radical (unpaired) electrons. The third-order valence-corrected chi connectivity index (χ3v) is 3.74. The van der Waals surface area contributed by atoms with E-state index in [0.29, 0.717) is 11.1 Å². The summed E-state index contributed by atoms with van der Waals surface area (Å²) in [5.74, 6) is -1.28. The maximum atomic E-state index is 12.1. The fourth-order valence-corrected chi connectivity index (χ4v) is 2.64. The fraction of sp³-hybridized carbons (Fsp3) is 0.222. The zero-order chi connectivity index (χ0) is 16.4. The van der Waals surface area contributed by atoms with E-state index in [2.05, 4.69) is 0 Å². The van der Waals surface area contributed by atoms with Gasteiger partial charge >= 0.3 is 5.97 Å². The van der Waals surface area contributed by atoms with Crippen LogP contribution in [0.15, 0.2) is 36.4 Å². The van der Waals surface area contributed by atoms with Crippen LogP contribution in [0.2, 0.25) is 0 Å². The van der Waals surface area contributed by atoms with Crippen molar-refractivity contribution in [3.63, 3.8) is 0 Å². The van der Waals surface area contributed by atoms with Gasteiger partial charge in [0.15, 0.2) is 0 Å². The molecule has 1 unspecified atom stereocenters. The molecule has 0 aliphatic rings. The number of rotatable bonds is 4. The van der Waals surface area contributed by atoms with Gasteiger partial charge in [-0.2, -0.15) is 0 Å². The predicted octanol–water partition coefficient (Wildman–Crippen LogP) is 3.43. The highest BCUT2D eigenvalue weighted by Crippen LogP contribution is 2.31. The van der Waals surface area contributed by atoms with Crippen molar-refractivity contribution in [1.82, 2.24) is 0 Å². The first kappa shape index (κ1) is 15.8. The largest absolute Gasteiger partial charge is 0.507 e. The Balaban J connectivity index is 2.51. The van der Waals surface area contributed by atoms with Crippen LogP contribution >= 0.6 is 0 Å². The van der Waals surface area contributed by atoms with Crippen molar-refractivity contribution in [2.24, 2.45) is 0 Å². The molecule has 4 nitrogen and oxygen atoms in total. The van der Waals surface area contributed by atoms with Crippen LogP contribution in [0.3, 0.4) is 0 Å². The molecule has 22 heavy (non-hydrogen) atoms. The average molecular weight is 298 g/mol. The Morgan fingerprint density at radius 2 is 1.45 bits per heavy atom. The van der Waals surface area contributed by atoms with Crippen LogP contribution in [0, 0.1) is 13.8 Å². The number of benzene rings is 2. The third kappa shape index (κ3) is 3.01. The first-order valence-corrected chi connectivity index (χ1v) is 6.95.